The number of rotatable bonds is 1. The molecular formula is C9H8O2S. The highest BCUT2D eigenvalue weighted by molar-refractivity contribution is 7.99. The van der Waals surface area contributed by atoms with Crippen molar-refractivity contribution in [1.29, 1.82) is 0 Å². The fraction of sp³-hybridized carbons (Fsp3) is 0.222. The van der Waals surface area contributed by atoms with Crippen molar-refractivity contribution in [2.45, 2.75) is 11.3 Å². The molecule has 0 radical (unpaired) electrons. The lowest BCUT2D eigenvalue weighted by molar-refractivity contribution is 0.0693. The van der Waals surface area contributed by atoms with Crippen LogP contribution in [0, 0.1) is 0 Å². The average Bonchev–Trinajstić information content (AvgIpc) is 2.49. The maximum atomic E-state index is 10.7. The summed E-state index contributed by atoms with van der Waals surface area (Å²) in [5.74, 6) is 0.195. The van der Waals surface area contributed by atoms with Gasteiger partial charge >= 0.3 is 5.97 Å². The molecule has 0 atom stereocenters. The maximum Gasteiger partial charge on any atom is 0.336 e. The summed E-state index contributed by atoms with van der Waals surface area (Å²) in [5.41, 5.74) is 1.63. The summed E-state index contributed by atoms with van der Waals surface area (Å²) in [6, 6.07) is 5.48. The number of carboxylic acid groups (broad SMARTS) is 1. The Bertz CT molecular complexity index is 333. The molecule has 0 saturated carbocycles. The first-order chi connectivity index (χ1) is 5.79. The van der Waals surface area contributed by atoms with Crippen LogP contribution in [0.3, 0.4) is 0 Å². The van der Waals surface area contributed by atoms with Gasteiger partial charge in [0, 0.05) is 10.6 Å². The van der Waals surface area contributed by atoms with E-state index >= 15 is 0 Å². The molecule has 12 heavy (non-hydrogen) atoms. The summed E-state index contributed by atoms with van der Waals surface area (Å²) in [4.78, 5) is 11.7. The number of thioether (sulfide) groups is 1. The second-order valence-electron chi connectivity index (χ2n) is 2.70. The van der Waals surface area contributed by atoms with E-state index < -0.39 is 5.97 Å². The van der Waals surface area contributed by atoms with E-state index in [0.29, 0.717) is 5.56 Å². The van der Waals surface area contributed by atoms with Crippen LogP contribution in [-0.4, -0.2) is 16.8 Å². The van der Waals surface area contributed by atoms with E-state index in [-0.39, 0.29) is 0 Å². The second-order valence-corrected chi connectivity index (χ2v) is 3.80. The van der Waals surface area contributed by atoms with E-state index in [1.165, 1.54) is 5.56 Å². The second kappa shape index (κ2) is 2.83. The summed E-state index contributed by atoms with van der Waals surface area (Å²) in [6.45, 7) is 0. The molecule has 1 N–H and O–H groups in total. The van der Waals surface area contributed by atoms with Gasteiger partial charge in [0.2, 0.25) is 0 Å². The summed E-state index contributed by atoms with van der Waals surface area (Å²) in [6.07, 6.45) is 1.00. The minimum atomic E-state index is -0.818. The number of fused-ring (bicyclic) bond motifs is 1. The molecule has 0 amide bonds. The van der Waals surface area contributed by atoms with Crippen molar-refractivity contribution in [2.24, 2.45) is 0 Å². The predicted molar refractivity (Wildman–Crippen MR) is 47.8 cm³/mol. The Morgan fingerprint density at radius 3 is 3.08 bits per heavy atom. The van der Waals surface area contributed by atoms with Gasteiger partial charge in [0.1, 0.15) is 0 Å². The zero-order chi connectivity index (χ0) is 8.55. The molecule has 62 valence electrons. The van der Waals surface area contributed by atoms with Gasteiger partial charge in [0.15, 0.2) is 0 Å². The third kappa shape index (κ3) is 1.10. The van der Waals surface area contributed by atoms with Crippen molar-refractivity contribution in [3.63, 3.8) is 0 Å². The zero-order valence-corrected chi connectivity index (χ0v) is 7.23. The Morgan fingerprint density at radius 1 is 1.50 bits per heavy atom. The molecule has 1 aromatic rings. The lowest BCUT2D eigenvalue weighted by atomic mass is 10.1. The van der Waals surface area contributed by atoms with Gasteiger partial charge in [-0.15, -0.1) is 11.8 Å². The number of aromatic carboxylic acids is 1. The molecule has 2 nitrogen and oxygen atoms in total. The standard InChI is InChI=1S/C9H8O2S/c10-9(11)7-3-1-2-6-4-5-12-8(6)7/h1-3H,4-5H2,(H,10,11). The SMILES string of the molecule is O=C(O)c1cccc2c1SCC2. The van der Waals surface area contributed by atoms with Crippen molar-refractivity contribution < 1.29 is 9.90 Å². The number of carbonyl (C=O) groups is 1. The van der Waals surface area contributed by atoms with Crippen LogP contribution < -0.4 is 0 Å². The Morgan fingerprint density at radius 2 is 2.33 bits per heavy atom. The van der Waals surface area contributed by atoms with Crippen molar-refractivity contribution in [3.8, 4) is 0 Å². The van der Waals surface area contributed by atoms with Crippen molar-refractivity contribution in [2.75, 3.05) is 5.75 Å². The summed E-state index contributed by atoms with van der Waals surface area (Å²) in [7, 11) is 0. The van der Waals surface area contributed by atoms with Gasteiger partial charge in [-0.05, 0) is 18.1 Å². The molecule has 0 saturated heterocycles. The van der Waals surface area contributed by atoms with Crippen LogP contribution in [0.5, 0.6) is 0 Å². The summed E-state index contributed by atoms with van der Waals surface area (Å²) < 4.78 is 0. The highest BCUT2D eigenvalue weighted by Gasteiger charge is 2.18. The quantitative estimate of drug-likeness (QED) is 0.718. The molecule has 2 rings (SSSR count). The molecule has 1 heterocycles. The van der Waals surface area contributed by atoms with Crippen LogP contribution in [0.4, 0.5) is 0 Å². The number of hydrogen-bond acceptors (Lipinski definition) is 2. The molecule has 0 aromatic heterocycles. The molecular weight excluding hydrogens is 172 g/mol. The van der Waals surface area contributed by atoms with E-state index in [9.17, 15) is 4.79 Å². The first-order valence-corrected chi connectivity index (χ1v) is 4.75. The van der Waals surface area contributed by atoms with Crippen molar-refractivity contribution >= 4 is 17.7 Å². The van der Waals surface area contributed by atoms with Gasteiger partial charge < -0.3 is 5.11 Å². The molecule has 0 aliphatic carbocycles. The van der Waals surface area contributed by atoms with E-state index in [2.05, 4.69) is 0 Å². The predicted octanol–water partition coefficient (Wildman–Crippen LogP) is 2.03. The van der Waals surface area contributed by atoms with Gasteiger partial charge in [-0.1, -0.05) is 12.1 Å². The van der Waals surface area contributed by atoms with Gasteiger partial charge in [-0.3, -0.25) is 0 Å². The fourth-order valence-electron chi connectivity index (χ4n) is 1.38. The summed E-state index contributed by atoms with van der Waals surface area (Å²) >= 11 is 1.64. The van der Waals surface area contributed by atoms with E-state index in [1.54, 1.807) is 17.8 Å². The first-order valence-electron chi connectivity index (χ1n) is 3.77. The van der Waals surface area contributed by atoms with Crippen LogP contribution in [0.2, 0.25) is 0 Å². The monoisotopic (exact) mass is 180 g/mol. The third-order valence-electron chi connectivity index (χ3n) is 1.94. The number of hydrogen-bond donors (Lipinski definition) is 1. The van der Waals surface area contributed by atoms with Crippen molar-refractivity contribution in [3.05, 3.63) is 29.3 Å². The maximum absolute atomic E-state index is 10.7. The topological polar surface area (TPSA) is 37.3 Å². The van der Waals surface area contributed by atoms with Gasteiger partial charge in [-0.25, -0.2) is 4.79 Å². The van der Waals surface area contributed by atoms with Crippen LogP contribution in [-0.2, 0) is 6.42 Å². The molecule has 1 aliphatic heterocycles. The van der Waals surface area contributed by atoms with Crippen LogP contribution >= 0.6 is 11.8 Å². The van der Waals surface area contributed by atoms with Gasteiger partial charge in [-0.2, -0.15) is 0 Å². The first kappa shape index (κ1) is 7.68. The molecule has 1 aromatic carbocycles. The molecule has 0 unspecified atom stereocenters. The molecule has 1 aliphatic rings. The molecule has 0 spiro atoms. The Hall–Kier alpha value is -0.960. The molecule has 0 fully saturated rings. The van der Waals surface area contributed by atoms with E-state index in [1.807, 2.05) is 12.1 Å². The molecule has 3 heteroatoms. The number of carboxylic acids is 1. The largest absolute Gasteiger partial charge is 0.478 e. The van der Waals surface area contributed by atoms with Gasteiger partial charge in [0.25, 0.3) is 0 Å². The van der Waals surface area contributed by atoms with Gasteiger partial charge in [0.05, 0.1) is 5.56 Å². The minimum absolute atomic E-state index is 0.454. The normalized spacial score (nSPS) is 14.3. The third-order valence-corrected chi connectivity index (χ3v) is 3.12. The van der Waals surface area contributed by atoms with Crippen LogP contribution in [0.1, 0.15) is 15.9 Å². The highest BCUT2D eigenvalue weighted by Crippen LogP contribution is 2.33. The van der Waals surface area contributed by atoms with Crippen molar-refractivity contribution in [1.82, 2.24) is 0 Å². The van der Waals surface area contributed by atoms with Crippen LogP contribution in [0.15, 0.2) is 23.1 Å². The minimum Gasteiger partial charge on any atom is -0.478 e. The lowest BCUT2D eigenvalue weighted by Crippen LogP contribution is -1.98. The Labute approximate surface area is 74.6 Å². The fourth-order valence-corrected chi connectivity index (χ4v) is 2.58. The smallest absolute Gasteiger partial charge is 0.336 e. The van der Waals surface area contributed by atoms with E-state index in [0.717, 1.165) is 17.1 Å². The number of benzene rings is 1. The lowest BCUT2D eigenvalue weighted by Gasteiger charge is -2.01. The zero-order valence-electron chi connectivity index (χ0n) is 6.41. The van der Waals surface area contributed by atoms with Crippen LogP contribution in [0.25, 0.3) is 0 Å². The highest BCUT2D eigenvalue weighted by atomic mass is 32.2. The van der Waals surface area contributed by atoms with E-state index in [4.69, 9.17) is 5.11 Å². The molecule has 0 bridgehead atoms. The number of aryl methyl sites for hydroxylation is 1. The Kier molecular flexibility index (Phi) is 1.81. The Balaban J connectivity index is 2.56. The average molecular weight is 180 g/mol. The summed E-state index contributed by atoms with van der Waals surface area (Å²) in [5, 5.41) is 8.84.